The molecule has 4 nitrogen and oxygen atoms in total. The molecule has 0 atom stereocenters. The zero-order valence-corrected chi connectivity index (χ0v) is 14.8. The maximum absolute atomic E-state index is 12.0. The summed E-state index contributed by atoms with van der Waals surface area (Å²) in [5.74, 6) is 0.597. The summed E-state index contributed by atoms with van der Waals surface area (Å²) >= 11 is 11.8. The van der Waals surface area contributed by atoms with Gasteiger partial charge in [-0.2, -0.15) is 0 Å². The van der Waals surface area contributed by atoms with Gasteiger partial charge in [0, 0.05) is 17.0 Å². The van der Waals surface area contributed by atoms with Crippen molar-refractivity contribution in [3.05, 3.63) is 28.2 Å². The molecule has 0 aliphatic heterocycles. The minimum Gasteiger partial charge on any atom is -0.492 e. The Morgan fingerprint density at radius 2 is 2.09 bits per heavy atom. The largest absolute Gasteiger partial charge is 0.492 e. The fourth-order valence-electron chi connectivity index (χ4n) is 2.77. The van der Waals surface area contributed by atoms with E-state index in [9.17, 15) is 9.90 Å². The number of amides is 1. The molecule has 1 saturated carbocycles. The van der Waals surface area contributed by atoms with Crippen LogP contribution in [0.1, 0.15) is 45.4 Å². The molecule has 0 radical (unpaired) electrons. The SMILES string of the molecule is CC1(NC(=O)CCCOc2ccc(Cl)cc2Cl)CCC(O)CC1. The number of carbonyl (C=O) groups excluding carboxylic acids is 1. The van der Waals surface area contributed by atoms with Crippen LogP contribution in [0.25, 0.3) is 0 Å². The molecular weight excluding hydrogens is 337 g/mol. The van der Waals surface area contributed by atoms with Crippen LogP contribution in [0.3, 0.4) is 0 Å². The lowest BCUT2D eigenvalue weighted by Gasteiger charge is -2.36. The molecule has 0 spiro atoms. The molecule has 0 heterocycles. The van der Waals surface area contributed by atoms with E-state index < -0.39 is 0 Å². The predicted molar refractivity (Wildman–Crippen MR) is 92.2 cm³/mol. The first-order valence-corrected chi connectivity index (χ1v) is 8.70. The van der Waals surface area contributed by atoms with Crippen LogP contribution in [-0.4, -0.2) is 29.3 Å². The van der Waals surface area contributed by atoms with E-state index in [0.29, 0.717) is 35.2 Å². The number of hydrogen-bond donors (Lipinski definition) is 2. The molecule has 1 aromatic carbocycles. The van der Waals surface area contributed by atoms with Crippen molar-refractivity contribution in [1.29, 1.82) is 0 Å². The van der Waals surface area contributed by atoms with Crippen molar-refractivity contribution in [3.8, 4) is 5.75 Å². The second-order valence-corrected chi connectivity index (χ2v) is 7.21. The van der Waals surface area contributed by atoms with Gasteiger partial charge in [0.1, 0.15) is 5.75 Å². The minimum atomic E-state index is -0.225. The molecular formula is C17H23Cl2NO3. The third-order valence-electron chi connectivity index (χ3n) is 4.20. The lowest BCUT2D eigenvalue weighted by atomic mass is 9.82. The summed E-state index contributed by atoms with van der Waals surface area (Å²) in [5, 5.41) is 13.7. The Labute approximate surface area is 147 Å². The zero-order chi connectivity index (χ0) is 16.9. The molecule has 2 rings (SSSR count). The van der Waals surface area contributed by atoms with Crippen LogP contribution in [0, 0.1) is 0 Å². The van der Waals surface area contributed by atoms with Crippen LogP contribution < -0.4 is 10.1 Å². The minimum absolute atomic E-state index is 0.0229. The predicted octanol–water partition coefficient (Wildman–Crippen LogP) is 3.96. The highest BCUT2D eigenvalue weighted by atomic mass is 35.5. The highest BCUT2D eigenvalue weighted by molar-refractivity contribution is 6.35. The summed E-state index contributed by atoms with van der Waals surface area (Å²) in [6.45, 7) is 2.46. The zero-order valence-electron chi connectivity index (χ0n) is 13.3. The summed E-state index contributed by atoms with van der Waals surface area (Å²) < 4.78 is 5.57. The number of ether oxygens (including phenoxy) is 1. The number of halogens is 2. The molecule has 1 aromatic rings. The van der Waals surface area contributed by atoms with E-state index >= 15 is 0 Å². The maximum atomic E-state index is 12.0. The van der Waals surface area contributed by atoms with Gasteiger partial charge in [-0.3, -0.25) is 4.79 Å². The Bertz CT molecular complexity index is 543. The summed E-state index contributed by atoms with van der Waals surface area (Å²) in [7, 11) is 0. The fourth-order valence-corrected chi connectivity index (χ4v) is 3.23. The van der Waals surface area contributed by atoms with E-state index in [1.807, 2.05) is 6.92 Å². The molecule has 128 valence electrons. The van der Waals surface area contributed by atoms with Gasteiger partial charge in [0.25, 0.3) is 0 Å². The summed E-state index contributed by atoms with van der Waals surface area (Å²) in [6, 6.07) is 5.07. The van der Waals surface area contributed by atoms with Crippen molar-refractivity contribution in [2.45, 2.75) is 57.1 Å². The topological polar surface area (TPSA) is 58.6 Å². The number of carbonyl (C=O) groups is 1. The number of nitrogens with one attached hydrogen (secondary N) is 1. The quantitative estimate of drug-likeness (QED) is 0.755. The highest BCUT2D eigenvalue weighted by Gasteiger charge is 2.31. The molecule has 0 saturated heterocycles. The van der Waals surface area contributed by atoms with Crippen molar-refractivity contribution in [3.63, 3.8) is 0 Å². The van der Waals surface area contributed by atoms with Crippen molar-refractivity contribution in [1.82, 2.24) is 5.32 Å². The van der Waals surface area contributed by atoms with Gasteiger partial charge in [-0.25, -0.2) is 0 Å². The van der Waals surface area contributed by atoms with E-state index in [-0.39, 0.29) is 17.6 Å². The third kappa shape index (κ3) is 5.87. The number of aliphatic hydroxyl groups is 1. The monoisotopic (exact) mass is 359 g/mol. The summed E-state index contributed by atoms with van der Waals surface area (Å²) in [6.07, 6.45) is 3.92. The van der Waals surface area contributed by atoms with Crippen LogP contribution in [0.15, 0.2) is 18.2 Å². The van der Waals surface area contributed by atoms with E-state index in [0.717, 1.165) is 25.7 Å². The first-order chi connectivity index (χ1) is 10.9. The molecule has 1 aliphatic rings. The Balaban J connectivity index is 1.68. The molecule has 2 N–H and O–H groups in total. The Morgan fingerprint density at radius 1 is 1.39 bits per heavy atom. The first kappa shape index (κ1) is 18.4. The fraction of sp³-hybridized carbons (Fsp3) is 0.588. The smallest absolute Gasteiger partial charge is 0.220 e. The highest BCUT2D eigenvalue weighted by Crippen LogP contribution is 2.29. The first-order valence-electron chi connectivity index (χ1n) is 7.95. The van der Waals surface area contributed by atoms with Gasteiger partial charge in [-0.1, -0.05) is 23.2 Å². The normalized spacial score (nSPS) is 24.3. The van der Waals surface area contributed by atoms with Crippen molar-refractivity contribution in [2.24, 2.45) is 0 Å². The Morgan fingerprint density at radius 3 is 2.74 bits per heavy atom. The van der Waals surface area contributed by atoms with Crippen LogP contribution in [0.4, 0.5) is 0 Å². The van der Waals surface area contributed by atoms with Gasteiger partial charge in [-0.05, 0) is 57.2 Å². The van der Waals surface area contributed by atoms with Gasteiger partial charge >= 0.3 is 0 Å². The van der Waals surface area contributed by atoms with Gasteiger partial charge in [0.15, 0.2) is 0 Å². The molecule has 0 bridgehead atoms. The summed E-state index contributed by atoms with van der Waals surface area (Å²) in [5.41, 5.74) is -0.198. The Hall–Kier alpha value is -0.970. The lowest BCUT2D eigenvalue weighted by molar-refractivity contribution is -0.123. The van der Waals surface area contributed by atoms with Gasteiger partial charge in [0.2, 0.25) is 5.91 Å². The maximum Gasteiger partial charge on any atom is 0.220 e. The van der Waals surface area contributed by atoms with Gasteiger partial charge in [0.05, 0.1) is 17.7 Å². The van der Waals surface area contributed by atoms with Gasteiger partial charge < -0.3 is 15.2 Å². The number of rotatable bonds is 6. The van der Waals surface area contributed by atoms with Gasteiger partial charge in [-0.15, -0.1) is 0 Å². The van der Waals surface area contributed by atoms with Crippen LogP contribution in [0.2, 0.25) is 10.0 Å². The standard InChI is InChI=1S/C17H23Cl2NO3/c1-17(8-6-13(21)7-9-17)20-16(22)3-2-10-23-15-5-4-12(18)11-14(15)19/h4-5,11,13,21H,2-3,6-10H2,1H3,(H,20,22). The van der Waals surface area contributed by atoms with Crippen LogP contribution >= 0.6 is 23.2 Å². The average Bonchev–Trinajstić information content (AvgIpc) is 2.49. The molecule has 23 heavy (non-hydrogen) atoms. The van der Waals surface area contributed by atoms with Crippen LogP contribution in [-0.2, 0) is 4.79 Å². The third-order valence-corrected chi connectivity index (χ3v) is 4.73. The van der Waals surface area contributed by atoms with E-state index in [4.69, 9.17) is 27.9 Å². The molecule has 6 heteroatoms. The molecule has 0 unspecified atom stereocenters. The lowest BCUT2D eigenvalue weighted by Crippen LogP contribution is -2.49. The Kier molecular flexibility index (Phi) is 6.57. The molecule has 1 aliphatic carbocycles. The number of aliphatic hydroxyl groups excluding tert-OH is 1. The second-order valence-electron chi connectivity index (χ2n) is 6.37. The molecule has 1 amide bonds. The van der Waals surface area contributed by atoms with E-state index in [1.54, 1.807) is 18.2 Å². The van der Waals surface area contributed by atoms with Crippen molar-refractivity contribution < 1.29 is 14.6 Å². The van der Waals surface area contributed by atoms with Crippen LogP contribution in [0.5, 0.6) is 5.75 Å². The number of hydrogen-bond acceptors (Lipinski definition) is 3. The molecule has 1 fully saturated rings. The second kappa shape index (κ2) is 8.22. The molecule has 0 aromatic heterocycles. The van der Waals surface area contributed by atoms with E-state index in [1.165, 1.54) is 0 Å². The number of benzene rings is 1. The van der Waals surface area contributed by atoms with Crippen molar-refractivity contribution >= 4 is 29.1 Å². The van der Waals surface area contributed by atoms with Crippen molar-refractivity contribution in [2.75, 3.05) is 6.61 Å². The van der Waals surface area contributed by atoms with E-state index in [2.05, 4.69) is 5.32 Å². The average molecular weight is 360 g/mol. The summed E-state index contributed by atoms with van der Waals surface area (Å²) in [4.78, 5) is 12.0.